The van der Waals surface area contributed by atoms with Crippen molar-refractivity contribution in [2.24, 2.45) is 0 Å². The Labute approximate surface area is 236 Å². The molecule has 0 aliphatic rings. The number of likely N-dealkylation sites (N-methyl/N-ethyl adjacent to an activating group) is 1. The van der Waals surface area contributed by atoms with Crippen LogP contribution in [-0.4, -0.2) is 58.0 Å². The van der Waals surface area contributed by atoms with Crippen molar-refractivity contribution in [1.82, 2.24) is 10.2 Å². The number of rotatable bonds is 13. The SMILES string of the molecule is CCNC(=O)C(C)N(Cc1cccc(OC)c1)C(=O)CN(c1ccc(OCC)cc1)S(=O)(=O)c1ccc(C)cc1. The maximum atomic E-state index is 13.9. The zero-order valence-corrected chi connectivity index (χ0v) is 24.4. The Hall–Kier alpha value is -4.05. The number of benzene rings is 3. The molecule has 3 aromatic carbocycles. The van der Waals surface area contributed by atoms with Crippen LogP contribution in [0.2, 0.25) is 0 Å². The number of aryl methyl sites for hydroxylation is 1. The van der Waals surface area contributed by atoms with Crippen molar-refractivity contribution in [3.05, 3.63) is 83.9 Å². The number of ether oxygens (including phenoxy) is 2. The number of carbonyl (C=O) groups is 2. The van der Waals surface area contributed by atoms with Crippen molar-refractivity contribution in [3.63, 3.8) is 0 Å². The van der Waals surface area contributed by atoms with E-state index in [0.717, 1.165) is 15.4 Å². The van der Waals surface area contributed by atoms with Gasteiger partial charge in [0.05, 0.1) is 24.3 Å². The van der Waals surface area contributed by atoms with E-state index in [-0.39, 0.29) is 17.3 Å². The summed E-state index contributed by atoms with van der Waals surface area (Å²) in [6, 6.07) is 19.3. The number of amides is 2. The molecular weight excluding hydrogens is 530 g/mol. The van der Waals surface area contributed by atoms with E-state index in [1.54, 1.807) is 75.6 Å². The van der Waals surface area contributed by atoms with E-state index in [0.29, 0.717) is 30.3 Å². The lowest BCUT2D eigenvalue weighted by molar-refractivity contribution is -0.139. The first-order valence-electron chi connectivity index (χ1n) is 13.1. The van der Waals surface area contributed by atoms with Crippen molar-refractivity contribution in [2.75, 3.05) is 31.1 Å². The zero-order valence-electron chi connectivity index (χ0n) is 23.6. The third-order valence-corrected chi connectivity index (χ3v) is 8.12. The highest BCUT2D eigenvalue weighted by atomic mass is 32.2. The van der Waals surface area contributed by atoms with Crippen LogP contribution >= 0.6 is 0 Å². The predicted molar refractivity (Wildman–Crippen MR) is 155 cm³/mol. The minimum Gasteiger partial charge on any atom is -0.497 e. The topological polar surface area (TPSA) is 105 Å². The molecule has 40 heavy (non-hydrogen) atoms. The van der Waals surface area contributed by atoms with Gasteiger partial charge in [0, 0.05) is 13.1 Å². The fraction of sp³-hybridized carbons (Fsp3) is 0.333. The first-order valence-corrected chi connectivity index (χ1v) is 14.6. The molecule has 10 heteroatoms. The van der Waals surface area contributed by atoms with Gasteiger partial charge in [0.1, 0.15) is 24.1 Å². The molecule has 0 radical (unpaired) electrons. The van der Waals surface area contributed by atoms with E-state index in [4.69, 9.17) is 9.47 Å². The van der Waals surface area contributed by atoms with Crippen LogP contribution in [0.25, 0.3) is 0 Å². The average molecular weight is 568 g/mol. The lowest BCUT2D eigenvalue weighted by atomic mass is 10.1. The zero-order chi connectivity index (χ0) is 29.3. The Bertz CT molecular complexity index is 1390. The lowest BCUT2D eigenvalue weighted by Crippen LogP contribution is -2.51. The second-order valence-corrected chi connectivity index (χ2v) is 11.1. The van der Waals surface area contributed by atoms with E-state index < -0.39 is 28.5 Å². The van der Waals surface area contributed by atoms with Gasteiger partial charge < -0.3 is 19.7 Å². The normalized spacial score (nSPS) is 11.8. The average Bonchev–Trinajstić information content (AvgIpc) is 2.95. The number of carbonyl (C=O) groups excluding carboxylic acids is 2. The van der Waals surface area contributed by atoms with Gasteiger partial charge in [0.25, 0.3) is 10.0 Å². The Morgan fingerprint density at radius 1 is 0.950 bits per heavy atom. The molecule has 1 unspecified atom stereocenters. The monoisotopic (exact) mass is 567 g/mol. The number of methoxy groups -OCH3 is 1. The summed E-state index contributed by atoms with van der Waals surface area (Å²) in [7, 11) is -2.59. The van der Waals surface area contributed by atoms with E-state index >= 15 is 0 Å². The standard InChI is InChI=1S/C30H37N3O6S/c1-6-31-30(35)23(4)32(20-24-9-8-10-27(19-24)38-5)29(34)21-33(25-13-15-26(16-14-25)39-7-2)40(36,37)28-17-11-22(3)12-18-28/h8-19,23H,6-7,20-21H2,1-5H3,(H,31,35). The summed E-state index contributed by atoms with van der Waals surface area (Å²) in [5.74, 6) is 0.308. The highest BCUT2D eigenvalue weighted by Gasteiger charge is 2.32. The molecule has 0 spiro atoms. The second-order valence-electron chi connectivity index (χ2n) is 9.20. The third-order valence-electron chi connectivity index (χ3n) is 6.33. The lowest BCUT2D eigenvalue weighted by Gasteiger charge is -2.32. The number of hydrogen-bond acceptors (Lipinski definition) is 6. The van der Waals surface area contributed by atoms with Crippen LogP contribution in [0.3, 0.4) is 0 Å². The summed E-state index contributed by atoms with van der Waals surface area (Å²) in [6.07, 6.45) is 0. The van der Waals surface area contributed by atoms with Gasteiger partial charge >= 0.3 is 0 Å². The van der Waals surface area contributed by atoms with Crippen molar-refractivity contribution >= 4 is 27.5 Å². The second kappa shape index (κ2) is 13.8. The molecule has 9 nitrogen and oxygen atoms in total. The summed E-state index contributed by atoms with van der Waals surface area (Å²) in [5.41, 5.74) is 1.94. The van der Waals surface area contributed by atoms with Gasteiger partial charge in [-0.2, -0.15) is 0 Å². The molecule has 3 rings (SSSR count). The van der Waals surface area contributed by atoms with Gasteiger partial charge in [-0.25, -0.2) is 8.42 Å². The number of nitrogens with one attached hydrogen (secondary N) is 1. The summed E-state index contributed by atoms with van der Waals surface area (Å²) in [5, 5.41) is 2.75. The van der Waals surface area contributed by atoms with E-state index in [9.17, 15) is 18.0 Å². The fourth-order valence-electron chi connectivity index (χ4n) is 4.11. The molecule has 214 valence electrons. The summed E-state index contributed by atoms with van der Waals surface area (Å²) >= 11 is 0. The van der Waals surface area contributed by atoms with Gasteiger partial charge in [-0.1, -0.05) is 29.8 Å². The Morgan fingerprint density at radius 3 is 2.23 bits per heavy atom. The van der Waals surface area contributed by atoms with Crippen molar-refractivity contribution < 1.29 is 27.5 Å². The van der Waals surface area contributed by atoms with E-state index in [1.165, 1.54) is 17.0 Å². The molecule has 1 atom stereocenters. The molecule has 0 bridgehead atoms. The van der Waals surface area contributed by atoms with Crippen LogP contribution in [0.5, 0.6) is 11.5 Å². The van der Waals surface area contributed by atoms with Crippen molar-refractivity contribution in [3.8, 4) is 11.5 Å². The van der Waals surface area contributed by atoms with Crippen LogP contribution in [0.4, 0.5) is 5.69 Å². The highest BCUT2D eigenvalue weighted by Crippen LogP contribution is 2.27. The first kappa shape index (κ1) is 30.5. The molecule has 1 N–H and O–H groups in total. The van der Waals surface area contributed by atoms with Crippen LogP contribution in [0.1, 0.15) is 31.9 Å². The Balaban J connectivity index is 2.03. The van der Waals surface area contributed by atoms with Crippen LogP contribution < -0.4 is 19.1 Å². The summed E-state index contributed by atoms with van der Waals surface area (Å²) < 4.78 is 39.7. The van der Waals surface area contributed by atoms with Crippen LogP contribution in [0.15, 0.2) is 77.7 Å². The van der Waals surface area contributed by atoms with Gasteiger partial charge in [-0.3, -0.25) is 13.9 Å². The molecule has 0 fully saturated rings. The van der Waals surface area contributed by atoms with Crippen LogP contribution in [-0.2, 0) is 26.2 Å². The highest BCUT2D eigenvalue weighted by molar-refractivity contribution is 7.92. The third kappa shape index (κ3) is 7.53. The molecule has 0 aliphatic carbocycles. The predicted octanol–water partition coefficient (Wildman–Crippen LogP) is 4.15. The molecule has 0 saturated carbocycles. The van der Waals surface area contributed by atoms with Gasteiger partial charge in [-0.15, -0.1) is 0 Å². The quantitative estimate of drug-likeness (QED) is 0.333. The Kier molecular flexibility index (Phi) is 10.6. The summed E-state index contributed by atoms with van der Waals surface area (Å²) in [4.78, 5) is 28.2. The van der Waals surface area contributed by atoms with Crippen LogP contribution in [0, 0.1) is 6.92 Å². The number of anilines is 1. The summed E-state index contributed by atoms with van der Waals surface area (Å²) in [6.45, 7) is 7.55. The Morgan fingerprint density at radius 2 is 1.62 bits per heavy atom. The number of hydrogen-bond donors (Lipinski definition) is 1. The molecule has 0 aromatic heterocycles. The molecule has 0 saturated heterocycles. The van der Waals surface area contributed by atoms with Gasteiger partial charge in [0.2, 0.25) is 11.8 Å². The van der Waals surface area contributed by atoms with Gasteiger partial charge in [0.15, 0.2) is 0 Å². The first-order chi connectivity index (χ1) is 19.1. The maximum Gasteiger partial charge on any atom is 0.264 e. The largest absolute Gasteiger partial charge is 0.497 e. The molecule has 0 aliphatic heterocycles. The molecule has 0 heterocycles. The molecule has 2 amide bonds. The minimum absolute atomic E-state index is 0.0518. The number of sulfonamides is 1. The minimum atomic E-state index is -4.14. The van der Waals surface area contributed by atoms with Crippen molar-refractivity contribution in [2.45, 2.75) is 45.2 Å². The smallest absolute Gasteiger partial charge is 0.264 e. The van der Waals surface area contributed by atoms with E-state index in [2.05, 4.69) is 5.32 Å². The van der Waals surface area contributed by atoms with Crippen molar-refractivity contribution in [1.29, 1.82) is 0 Å². The molecular formula is C30H37N3O6S. The van der Waals surface area contributed by atoms with Gasteiger partial charge in [-0.05, 0) is 81.8 Å². The fourth-order valence-corrected chi connectivity index (χ4v) is 5.53. The number of nitrogens with zero attached hydrogens (tertiary/aromatic N) is 2. The molecule has 3 aromatic rings. The van der Waals surface area contributed by atoms with E-state index in [1.807, 2.05) is 19.9 Å². The maximum absolute atomic E-state index is 13.9.